The Balaban J connectivity index is 1.49. The second-order valence-corrected chi connectivity index (χ2v) is 19.7. The van der Waals surface area contributed by atoms with Gasteiger partial charge in [-0.15, -0.1) is 0 Å². The predicted molar refractivity (Wildman–Crippen MR) is 254 cm³/mol. The van der Waals surface area contributed by atoms with Gasteiger partial charge in [-0.2, -0.15) is 0 Å². The number of unbranched alkanes of at least 4 members (excludes halogenated alkanes) is 22. The molecule has 19 nitrogen and oxygen atoms in total. The topological polar surface area (TPSA) is 307 Å². The molecular weight excluding hydrogens is 903 g/mol. The van der Waals surface area contributed by atoms with Gasteiger partial charge >= 0.3 is 0 Å². The molecule has 1 amide bonds. The Kier molecular flexibility index (Phi) is 32.3. The number of nitrogens with one attached hydrogen (secondary N) is 1. The molecule has 69 heavy (non-hydrogen) atoms. The van der Waals surface area contributed by atoms with Crippen LogP contribution in [0, 0.1) is 0 Å². The van der Waals surface area contributed by atoms with E-state index in [0.717, 1.165) is 57.8 Å². The summed E-state index contributed by atoms with van der Waals surface area (Å²) in [4.78, 5) is 13.1. The van der Waals surface area contributed by atoms with Crippen molar-refractivity contribution in [1.29, 1.82) is 0 Å². The maximum Gasteiger partial charge on any atom is 0.220 e. The van der Waals surface area contributed by atoms with Crippen LogP contribution in [-0.4, -0.2) is 193 Å². The summed E-state index contributed by atoms with van der Waals surface area (Å²) >= 11 is 0. The molecule has 3 heterocycles. The quantitative estimate of drug-likeness (QED) is 0.0396. The van der Waals surface area contributed by atoms with Gasteiger partial charge in [-0.05, 0) is 12.8 Å². The molecule has 0 bridgehead atoms. The fourth-order valence-corrected chi connectivity index (χ4v) is 9.43. The van der Waals surface area contributed by atoms with Crippen LogP contribution in [0.1, 0.15) is 181 Å². The number of ether oxygens (including phenoxy) is 6. The number of amides is 1. The Morgan fingerprint density at radius 2 is 0.826 bits per heavy atom. The monoisotopic (exact) mass is 998 g/mol. The second kappa shape index (κ2) is 35.9. The zero-order chi connectivity index (χ0) is 50.6. The smallest absolute Gasteiger partial charge is 0.220 e. The molecular formula is C50H95NO18. The van der Waals surface area contributed by atoms with Crippen molar-refractivity contribution in [1.82, 2.24) is 5.32 Å². The fraction of sp³-hybridized carbons (Fsp3) is 0.980. The number of hydrogen-bond acceptors (Lipinski definition) is 18. The summed E-state index contributed by atoms with van der Waals surface area (Å²) in [5.41, 5.74) is 0. The first kappa shape index (κ1) is 62.1. The number of aliphatic hydroxyl groups excluding tert-OH is 11. The minimum Gasteiger partial charge on any atom is -0.394 e. The van der Waals surface area contributed by atoms with E-state index in [1.807, 2.05) is 0 Å². The normalized spacial score (nSPS) is 32.8. The van der Waals surface area contributed by atoms with Gasteiger partial charge in [0.25, 0.3) is 0 Å². The third kappa shape index (κ3) is 21.7. The van der Waals surface area contributed by atoms with Crippen LogP contribution in [0.15, 0.2) is 0 Å². The number of aliphatic hydroxyl groups is 11. The fourth-order valence-electron chi connectivity index (χ4n) is 9.43. The summed E-state index contributed by atoms with van der Waals surface area (Å²) in [6, 6.07) is -0.876. The lowest BCUT2D eigenvalue weighted by atomic mass is 9.96. The van der Waals surface area contributed by atoms with Crippen molar-refractivity contribution in [3.8, 4) is 0 Å². The van der Waals surface area contributed by atoms with Gasteiger partial charge < -0.3 is 89.9 Å². The van der Waals surface area contributed by atoms with Crippen molar-refractivity contribution < 1.29 is 89.4 Å². The second-order valence-electron chi connectivity index (χ2n) is 19.7. The minimum absolute atomic E-state index is 0.252. The maximum atomic E-state index is 13.1. The van der Waals surface area contributed by atoms with E-state index in [1.165, 1.54) is 89.9 Å². The Bertz CT molecular complexity index is 1290. The van der Waals surface area contributed by atoms with Crippen molar-refractivity contribution in [2.75, 3.05) is 26.4 Å². The first-order chi connectivity index (χ1) is 33.3. The van der Waals surface area contributed by atoms with Gasteiger partial charge in [-0.3, -0.25) is 4.79 Å². The first-order valence-electron chi connectivity index (χ1n) is 26.8. The van der Waals surface area contributed by atoms with Crippen LogP contribution >= 0.6 is 0 Å². The van der Waals surface area contributed by atoms with Crippen molar-refractivity contribution >= 4 is 5.91 Å². The summed E-state index contributed by atoms with van der Waals surface area (Å²) in [5.74, 6) is -0.252. The third-order valence-corrected chi connectivity index (χ3v) is 13.9. The predicted octanol–water partition coefficient (Wildman–Crippen LogP) is 2.48. The van der Waals surface area contributed by atoms with Crippen molar-refractivity contribution in [3.05, 3.63) is 0 Å². The van der Waals surface area contributed by atoms with E-state index < -0.39 is 124 Å². The van der Waals surface area contributed by atoms with Crippen LogP contribution in [0.3, 0.4) is 0 Å². The van der Waals surface area contributed by atoms with E-state index >= 15 is 0 Å². The first-order valence-corrected chi connectivity index (χ1v) is 26.8. The van der Waals surface area contributed by atoms with Crippen molar-refractivity contribution in [3.63, 3.8) is 0 Å². The highest BCUT2D eigenvalue weighted by Crippen LogP contribution is 2.33. The molecule has 17 atom stereocenters. The van der Waals surface area contributed by atoms with E-state index in [0.29, 0.717) is 12.8 Å². The lowest BCUT2D eigenvalue weighted by molar-refractivity contribution is -0.379. The van der Waals surface area contributed by atoms with Gasteiger partial charge in [-0.25, -0.2) is 0 Å². The minimum atomic E-state index is -1.97. The van der Waals surface area contributed by atoms with E-state index in [9.17, 15) is 61.0 Å². The lowest BCUT2D eigenvalue weighted by Crippen LogP contribution is -2.66. The molecule has 0 aromatic heterocycles. The molecule has 19 heteroatoms. The Morgan fingerprint density at radius 3 is 1.26 bits per heavy atom. The average Bonchev–Trinajstić information content (AvgIpc) is 3.34. The highest BCUT2D eigenvalue weighted by molar-refractivity contribution is 5.76. The number of hydrogen-bond donors (Lipinski definition) is 12. The molecule has 408 valence electrons. The summed E-state index contributed by atoms with van der Waals surface area (Å²) in [6.45, 7) is 1.70. The molecule has 12 N–H and O–H groups in total. The van der Waals surface area contributed by atoms with Crippen LogP contribution in [0.5, 0.6) is 0 Å². The maximum absolute atomic E-state index is 13.1. The molecule has 3 saturated heterocycles. The van der Waals surface area contributed by atoms with E-state index in [1.54, 1.807) is 0 Å². The SMILES string of the molecule is CCCCCCCCCCCCCCCCCCCCC(O)C(COC1OC(CO)C(OC2OC(CO)C(OC3OC(CO)C(O)C(O)C3O)C(O)C2O)C(O)C1O)NC(=O)CCCCCCCC. The van der Waals surface area contributed by atoms with Gasteiger partial charge in [0.05, 0.1) is 38.6 Å². The van der Waals surface area contributed by atoms with Gasteiger partial charge in [0.1, 0.15) is 73.2 Å². The number of rotatable bonds is 38. The molecule has 0 radical (unpaired) electrons. The van der Waals surface area contributed by atoms with E-state index in [-0.39, 0.29) is 18.9 Å². The van der Waals surface area contributed by atoms with Crippen molar-refractivity contribution in [2.45, 2.75) is 285 Å². The molecule has 3 rings (SSSR count). The van der Waals surface area contributed by atoms with Gasteiger partial charge in [-0.1, -0.05) is 162 Å². The zero-order valence-corrected chi connectivity index (χ0v) is 41.8. The number of carbonyl (C=O) groups excluding carboxylic acids is 1. The summed E-state index contributed by atoms with van der Waals surface area (Å²) in [6.07, 6.45) is 2.51. The van der Waals surface area contributed by atoms with E-state index in [4.69, 9.17) is 28.4 Å². The molecule has 0 aromatic carbocycles. The highest BCUT2D eigenvalue weighted by Gasteiger charge is 2.53. The van der Waals surface area contributed by atoms with Gasteiger partial charge in [0, 0.05) is 6.42 Å². The summed E-state index contributed by atoms with van der Waals surface area (Å²) in [7, 11) is 0. The molecule has 3 fully saturated rings. The molecule has 3 aliphatic rings. The molecule has 17 unspecified atom stereocenters. The van der Waals surface area contributed by atoms with Crippen LogP contribution in [0.25, 0.3) is 0 Å². The van der Waals surface area contributed by atoms with Crippen LogP contribution in [0.2, 0.25) is 0 Å². The van der Waals surface area contributed by atoms with E-state index in [2.05, 4.69) is 19.2 Å². The van der Waals surface area contributed by atoms with Crippen LogP contribution in [0.4, 0.5) is 0 Å². The summed E-state index contributed by atoms with van der Waals surface area (Å²) in [5, 5.41) is 120. The molecule has 0 spiro atoms. The van der Waals surface area contributed by atoms with Crippen LogP contribution < -0.4 is 5.32 Å². The molecule has 0 saturated carbocycles. The largest absolute Gasteiger partial charge is 0.394 e. The molecule has 3 aliphatic heterocycles. The summed E-state index contributed by atoms with van der Waals surface area (Å²) < 4.78 is 34.1. The Morgan fingerprint density at radius 1 is 0.464 bits per heavy atom. The lowest BCUT2D eigenvalue weighted by Gasteiger charge is -2.48. The average molecular weight is 998 g/mol. The number of carbonyl (C=O) groups is 1. The zero-order valence-electron chi connectivity index (χ0n) is 41.8. The third-order valence-electron chi connectivity index (χ3n) is 13.9. The van der Waals surface area contributed by atoms with Crippen molar-refractivity contribution in [2.24, 2.45) is 0 Å². The van der Waals surface area contributed by atoms with Crippen LogP contribution in [-0.2, 0) is 33.2 Å². The highest BCUT2D eigenvalue weighted by atomic mass is 16.8. The standard InChI is InChI=1S/C50H95NO18/c1-3-5-7-9-11-12-13-14-15-16-17-18-19-20-21-22-23-25-27-34(55)33(51-38(56)28-26-24-10-8-6-4-2)32-64-48-44(62)41(59)46(36(30-53)66-48)69-50-45(63)42(60)47(37(31-54)67-50)68-49-43(61)40(58)39(57)35(29-52)65-49/h33-37,39-50,52-55,57-63H,3-32H2,1-2H3,(H,51,56). The Labute approximate surface area is 411 Å². The van der Waals surface area contributed by atoms with Gasteiger partial charge in [0.15, 0.2) is 18.9 Å². The Hall–Kier alpha value is -1.21. The molecule has 0 aliphatic carbocycles. The van der Waals surface area contributed by atoms with Gasteiger partial charge in [0.2, 0.25) is 5.91 Å². The molecule has 0 aromatic rings.